The van der Waals surface area contributed by atoms with Gasteiger partial charge in [0.05, 0.1) is 0 Å². The van der Waals surface area contributed by atoms with Gasteiger partial charge in [-0.05, 0) is 32.0 Å². The van der Waals surface area contributed by atoms with Crippen LogP contribution in [0.5, 0.6) is 0 Å². The third kappa shape index (κ3) is 2.32. The normalized spacial score (nSPS) is 11.3. The van der Waals surface area contributed by atoms with Gasteiger partial charge in [0.15, 0.2) is 11.6 Å². The third-order valence-corrected chi connectivity index (χ3v) is 3.05. The topological polar surface area (TPSA) is 43.8 Å². The van der Waals surface area contributed by atoms with E-state index in [1.54, 1.807) is 0 Å². The molecule has 1 aromatic carbocycles. The van der Waals surface area contributed by atoms with Crippen molar-refractivity contribution in [1.82, 2.24) is 9.55 Å². The van der Waals surface area contributed by atoms with E-state index in [9.17, 15) is 8.78 Å². The lowest BCUT2D eigenvalue weighted by molar-refractivity contribution is 0.509. The highest BCUT2D eigenvalue weighted by molar-refractivity contribution is 5.71. The van der Waals surface area contributed by atoms with Crippen LogP contribution in [0, 0.1) is 11.6 Å². The van der Waals surface area contributed by atoms with Crippen LogP contribution in [0.1, 0.15) is 32.6 Å². The maximum Gasteiger partial charge on any atom is 0.159 e. The third-order valence-electron chi connectivity index (χ3n) is 3.05. The lowest BCUT2D eigenvalue weighted by atomic mass is 10.1. The number of hydrogen-bond donors (Lipinski definition) is 1. The first-order chi connectivity index (χ1) is 8.95. The lowest BCUT2D eigenvalue weighted by Gasteiger charge is -2.12. The summed E-state index contributed by atoms with van der Waals surface area (Å²) in [5, 5.41) is 0. The number of hydrogen-bond acceptors (Lipinski definition) is 2. The molecule has 0 aliphatic heterocycles. The van der Waals surface area contributed by atoms with Crippen molar-refractivity contribution in [2.24, 2.45) is 0 Å². The fraction of sp³-hybridized carbons (Fsp3) is 0.357. The summed E-state index contributed by atoms with van der Waals surface area (Å²) in [5.74, 6) is -0.444. The van der Waals surface area contributed by atoms with Crippen LogP contribution in [0.2, 0.25) is 0 Å². The Morgan fingerprint density at radius 2 is 1.95 bits per heavy atom. The Kier molecular flexibility index (Phi) is 3.55. The predicted octanol–water partition coefficient (Wildman–Crippen LogP) is 3.55. The molecule has 5 heteroatoms. The number of halogens is 2. The maximum absolute atomic E-state index is 13.3. The van der Waals surface area contributed by atoms with Crippen molar-refractivity contribution in [3.63, 3.8) is 0 Å². The van der Waals surface area contributed by atoms with Crippen LogP contribution in [-0.2, 0) is 6.42 Å². The second-order valence-corrected chi connectivity index (χ2v) is 4.71. The van der Waals surface area contributed by atoms with E-state index in [0.717, 1.165) is 24.4 Å². The number of rotatable bonds is 3. The quantitative estimate of drug-likeness (QED) is 0.922. The molecule has 0 atom stereocenters. The van der Waals surface area contributed by atoms with Crippen molar-refractivity contribution < 1.29 is 8.78 Å². The Morgan fingerprint density at radius 3 is 2.42 bits per heavy atom. The highest BCUT2D eigenvalue weighted by Crippen LogP contribution is 2.30. The molecule has 1 aromatic heterocycles. The fourth-order valence-electron chi connectivity index (χ4n) is 2.17. The Hall–Kier alpha value is -1.91. The number of imidazole rings is 1. The minimum atomic E-state index is -0.894. The molecular formula is C14H17F2N3. The zero-order chi connectivity index (χ0) is 14.2. The van der Waals surface area contributed by atoms with Gasteiger partial charge in [0.2, 0.25) is 0 Å². The smallest absolute Gasteiger partial charge is 0.159 e. The summed E-state index contributed by atoms with van der Waals surface area (Å²) in [6.45, 7) is 5.99. The van der Waals surface area contributed by atoms with E-state index in [0.29, 0.717) is 17.1 Å². The Labute approximate surface area is 111 Å². The van der Waals surface area contributed by atoms with Gasteiger partial charge in [0.25, 0.3) is 0 Å². The van der Waals surface area contributed by atoms with Gasteiger partial charge in [-0.1, -0.05) is 6.92 Å². The molecule has 102 valence electrons. The molecule has 0 spiro atoms. The van der Waals surface area contributed by atoms with E-state index in [1.165, 1.54) is 6.07 Å². The molecule has 0 aliphatic carbocycles. The average molecular weight is 265 g/mol. The first kappa shape index (κ1) is 13.5. The second kappa shape index (κ2) is 4.99. The molecule has 3 nitrogen and oxygen atoms in total. The zero-order valence-electron chi connectivity index (χ0n) is 11.2. The number of benzene rings is 1. The Bertz CT molecular complexity index is 603. The van der Waals surface area contributed by atoms with Crippen LogP contribution < -0.4 is 5.73 Å². The van der Waals surface area contributed by atoms with E-state index in [-0.39, 0.29) is 6.04 Å². The molecule has 0 aliphatic rings. The molecule has 0 saturated heterocycles. The number of aromatic nitrogens is 2. The Balaban J connectivity index is 2.59. The van der Waals surface area contributed by atoms with E-state index in [4.69, 9.17) is 5.73 Å². The molecule has 1 heterocycles. The van der Waals surface area contributed by atoms with Crippen LogP contribution >= 0.6 is 0 Å². The van der Waals surface area contributed by atoms with Crippen LogP contribution in [-0.4, -0.2) is 9.55 Å². The van der Waals surface area contributed by atoms with Gasteiger partial charge in [0, 0.05) is 18.0 Å². The fourth-order valence-corrected chi connectivity index (χ4v) is 2.17. The molecule has 2 aromatic rings. The summed E-state index contributed by atoms with van der Waals surface area (Å²) in [4.78, 5) is 4.44. The summed E-state index contributed by atoms with van der Waals surface area (Å²) >= 11 is 0. The summed E-state index contributed by atoms with van der Waals surface area (Å²) < 4.78 is 28.2. The van der Waals surface area contributed by atoms with Crippen molar-refractivity contribution in [2.45, 2.75) is 33.2 Å². The standard InChI is InChI=1S/C14H17F2N3/c1-4-12-18-13(14(17)19(12)8(2)3)9-5-6-10(15)11(16)7-9/h5-8H,4,17H2,1-3H3. The highest BCUT2D eigenvalue weighted by Gasteiger charge is 2.17. The van der Waals surface area contributed by atoms with Gasteiger partial charge in [-0.2, -0.15) is 0 Å². The van der Waals surface area contributed by atoms with Gasteiger partial charge < -0.3 is 10.3 Å². The first-order valence-corrected chi connectivity index (χ1v) is 6.27. The first-order valence-electron chi connectivity index (χ1n) is 6.27. The number of anilines is 1. The minimum absolute atomic E-state index is 0.168. The summed E-state index contributed by atoms with van der Waals surface area (Å²) in [7, 11) is 0. The van der Waals surface area contributed by atoms with Crippen LogP contribution in [0.4, 0.5) is 14.6 Å². The minimum Gasteiger partial charge on any atom is -0.383 e. The Morgan fingerprint density at radius 1 is 1.26 bits per heavy atom. The highest BCUT2D eigenvalue weighted by atomic mass is 19.2. The molecule has 0 fully saturated rings. The van der Waals surface area contributed by atoms with Crippen LogP contribution in [0.3, 0.4) is 0 Å². The van der Waals surface area contributed by atoms with Gasteiger partial charge in [0.1, 0.15) is 17.3 Å². The molecule has 0 amide bonds. The van der Waals surface area contributed by atoms with E-state index in [2.05, 4.69) is 4.98 Å². The predicted molar refractivity (Wildman–Crippen MR) is 71.8 cm³/mol. The van der Waals surface area contributed by atoms with Crippen molar-refractivity contribution >= 4 is 5.82 Å². The van der Waals surface area contributed by atoms with Crippen molar-refractivity contribution in [3.8, 4) is 11.3 Å². The zero-order valence-corrected chi connectivity index (χ0v) is 11.2. The maximum atomic E-state index is 13.3. The van der Waals surface area contributed by atoms with Gasteiger partial charge in [-0.15, -0.1) is 0 Å². The van der Waals surface area contributed by atoms with E-state index < -0.39 is 11.6 Å². The summed E-state index contributed by atoms with van der Waals surface area (Å²) in [5.41, 5.74) is 7.08. The molecule has 0 saturated carbocycles. The summed E-state index contributed by atoms with van der Waals surface area (Å²) in [6.07, 6.45) is 0.728. The lowest BCUT2D eigenvalue weighted by Crippen LogP contribution is -2.08. The molecule has 2 N–H and O–H groups in total. The van der Waals surface area contributed by atoms with Crippen molar-refractivity contribution in [2.75, 3.05) is 5.73 Å². The molecular weight excluding hydrogens is 248 g/mol. The van der Waals surface area contributed by atoms with Crippen LogP contribution in [0.15, 0.2) is 18.2 Å². The number of aryl methyl sites for hydroxylation is 1. The number of nitrogen functional groups attached to an aromatic ring is 1. The molecule has 0 unspecified atom stereocenters. The van der Waals surface area contributed by atoms with Crippen LogP contribution in [0.25, 0.3) is 11.3 Å². The van der Waals surface area contributed by atoms with Gasteiger partial charge in [-0.3, -0.25) is 0 Å². The number of nitrogens with two attached hydrogens (primary N) is 1. The number of nitrogens with zero attached hydrogens (tertiary/aromatic N) is 2. The van der Waals surface area contributed by atoms with E-state index >= 15 is 0 Å². The SMILES string of the molecule is CCc1nc(-c2ccc(F)c(F)c2)c(N)n1C(C)C. The monoisotopic (exact) mass is 265 g/mol. The van der Waals surface area contributed by atoms with Gasteiger partial charge >= 0.3 is 0 Å². The molecule has 19 heavy (non-hydrogen) atoms. The van der Waals surface area contributed by atoms with Crippen molar-refractivity contribution in [1.29, 1.82) is 0 Å². The van der Waals surface area contributed by atoms with Crippen molar-refractivity contribution in [3.05, 3.63) is 35.7 Å². The van der Waals surface area contributed by atoms with E-state index in [1.807, 2.05) is 25.3 Å². The molecule has 2 rings (SSSR count). The van der Waals surface area contributed by atoms with Gasteiger partial charge in [-0.25, -0.2) is 13.8 Å². The molecule has 0 radical (unpaired) electrons. The largest absolute Gasteiger partial charge is 0.383 e. The molecule has 0 bridgehead atoms. The second-order valence-electron chi connectivity index (χ2n) is 4.71. The average Bonchev–Trinajstić information content (AvgIpc) is 2.70. The summed E-state index contributed by atoms with van der Waals surface area (Å²) in [6, 6.07) is 3.87.